The lowest BCUT2D eigenvalue weighted by Crippen LogP contribution is -2.42. The molecular weight excluding hydrogens is 390 g/mol. The molecule has 1 N–H and O–H groups in total. The Morgan fingerprint density at radius 3 is 2.10 bits per heavy atom. The van der Waals surface area contributed by atoms with E-state index in [0.29, 0.717) is 5.56 Å². The van der Waals surface area contributed by atoms with Crippen LogP contribution in [-0.4, -0.2) is 39.2 Å². The van der Waals surface area contributed by atoms with E-state index in [2.05, 4.69) is 26.1 Å². The SMILES string of the molecule is COC(=O)[C@H](CCS(=O)(=O)c1ccccc1)NC(=O)c1ccc(C(C)(C)C)cc1. The molecule has 0 aliphatic carbocycles. The van der Waals surface area contributed by atoms with Gasteiger partial charge in [-0.15, -0.1) is 0 Å². The van der Waals surface area contributed by atoms with Crippen molar-refractivity contribution in [2.24, 2.45) is 0 Å². The Hall–Kier alpha value is -2.67. The number of esters is 1. The maximum atomic E-state index is 12.6. The number of methoxy groups -OCH3 is 1. The molecule has 0 saturated heterocycles. The lowest BCUT2D eigenvalue weighted by molar-refractivity contribution is -0.142. The lowest BCUT2D eigenvalue weighted by atomic mass is 9.86. The third-order valence-electron chi connectivity index (χ3n) is 4.58. The minimum atomic E-state index is -3.58. The highest BCUT2D eigenvalue weighted by Crippen LogP contribution is 2.22. The van der Waals surface area contributed by atoms with Crippen LogP contribution in [0.15, 0.2) is 59.5 Å². The van der Waals surface area contributed by atoms with Gasteiger partial charge in [-0.1, -0.05) is 51.1 Å². The Labute approximate surface area is 172 Å². The van der Waals surface area contributed by atoms with Gasteiger partial charge in [0.1, 0.15) is 6.04 Å². The topological polar surface area (TPSA) is 89.5 Å². The van der Waals surface area contributed by atoms with E-state index in [1.54, 1.807) is 30.3 Å². The Morgan fingerprint density at radius 1 is 1.00 bits per heavy atom. The average Bonchev–Trinajstić information content (AvgIpc) is 2.70. The Kier molecular flexibility index (Phi) is 7.19. The average molecular weight is 418 g/mol. The smallest absolute Gasteiger partial charge is 0.328 e. The zero-order valence-electron chi connectivity index (χ0n) is 17.1. The molecule has 2 aromatic carbocycles. The molecule has 0 aliphatic rings. The normalized spacial score (nSPS) is 12.8. The second-order valence-electron chi connectivity index (χ2n) is 7.80. The van der Waals surface area contributed by atoms with Crippen LogP contribution in [0.2, 0.25) is 0 Å². The Balaban J connectivity index is 2.10. The first-order chi connectivity index (χ1) is 13.5. The van der Waals surface area contributed by atoms with Crippen molar-refractivity contribution in [1.29, 1.82) is 0 Å². The van der Waals surface area contributed by atoms with E-state index in [4.69, 9.17) is 4.74 Å². The van der Waals surface area contributed by atoms with Crippen molar-refractivity contribution in [1.82, 2.24) is 5.32 Å². The first-order valence-electron chi connectivity index (χ1n) is 9.31. The van der Waals surface area contributed by atoms with Crippen molar-refractivity contribution < 1.29 is 22.7 Å². The Morgan fingerprint density at radius 2 is 1.59 bits per heavy atom. The summed E-state index contributed by atoms with van der Waals surface area (Å²) in [6.45, 7) is 6.22. The van der Waals surface area contributed by atoms with Crippen LogP contribution in [0.3, 0.4) is 0 Å². The van der Waals surface area contributed by atoms with E-state index in [-0.39, 0.29) is 22.5 Å². The largest absolute Gasteiger partial charge is 0.467 e. The van der Waals surface area contributed by atoms with Crippen LogP contribution in [0.1, 0.15) is 43.1 Å². The summed E-state index contributed by atoms with van der Waals surface area (Å²) < 4.78 is 29.7. The highest BCUT2D eigenvalue weighted by Gasteiger charge is 2.25. The van der Waals surface area contributed by atoms with Gasteiger partial charge >= 0.3 is 5.97 Å². The van der Waals surface area contributed by atoms with Gasteiger partial charge in [0.15, 0.2) is 9.84 Å². The molecule has 0 spiro atoms. The molecule has 29 heavy (non-hydrogen) atoms. The third kappa shape index (κ3) is 6.15. The molecular formula is C22H27NO5S. The van der Waals surface area contributed by atoms with Gasteiger partial charge in [-0.2, -0.15) is 0 Å². The number of sulfone groups is 1. The lowest BCUT2D eigenvalue weighted by Gasteiger charge is -2.20. The van der Waals surface area contributed by atoms with E-state index in [1.807, 2.05) is 12.1 Å². The monoisotopic (exact) mass is 417 g/mol. The Bertz CT molecular complexity index is 945. The summed E-state index contributed by atoms with van der Waals surface area (Å²) in [5.74, 6) is -1.44. The molecule has 0 aromatic heterocycles. The summed E-state index contributed by atoms with van der Waals surface area (Å²) in [6.07, 6.45) is -0.0876. The van der Waals surface area contributed by atoms with Gasteiger partial charge < -0.3 is 10.1 Å². The van der Waals surface area contributed by atoms with E-state index in [0.717, 1.165) is 5.56 Å². The van der Waals surface area contributed by atoms with Crippen molar-refractivity contribution in [3.8, 4) is 0 Å². The van der Waals surface area contributed by atoms with E-state index in [9.17, 15) is 18.0 Å². The fraction of sp³-hybridized carbons (Fsp3) is 0.364. The minimum absolute atomic E-state index is 0.0463. The van der Waals surface area contributed by atoms with Crippen LogP contribution in [0.4, 0.5) is 0 Å². The third-order valence-corrected chi connectivity index (χ3v) is 6.35. The predicted octanol–water partition coefficient (Wildman–Crippen LogP) is 3.12. The molecule has 2 aromatic rings. The maximum absolute atomic E-state index is 12.6. The van der Waals surface area contributed by atoms with Gasteiger partial charge in [0.2, 0.25) is 0 Å². The number of carbonyl (C=O) groups is 2. The van der Waals surface area contributed by atoms with Gasteiger partial charge in [-0.3, -0.25) is 4.79 Å². The highest BCUT2D eigenvalue weighted by atomic mass is 32.2. The number of hydrogen-bond donors (Lipinski definition) is 1. The van der Waals surface area contributed by atoms with Gasteiger partial charge in [-0.25, -0.2) is 13.2 Å². The molecule has 0 heterocycles. The van der Waals surface area contributed by atoms with Crippen LogP contribution in [0.25, 0.3) is 0 Å². The number of rotatable bonds is 7. The number of carbonyl (C=O) groups excluding carboxylic acids is 2. The standard InChI is InChI=1S/C22H27NO5S/c1-22(2,3)17-12-10-16(11-13-17)20(24)23-19(21(25)28-4)14-15-29(26,27)18-8-6-5-7-9-18/h5-13,19H,14-15H2,1-4H3,(H,23,24)/t19-/m0/s1. The van der Waals surface area contributed by atoms with Crippen LogP contribution in [0.5, 0.6) is 0 Å². The van der Waals surface area contributed by atoms with Gasteiger partial charge in [0, 0.05) is 5.56 Å². The van der Waals surface area contributed by atoms with Gasteiger partial charge in [0.05, 0.1) is 17.8 Å². The van der Waals surface area contributed by atoms with Crippen LogP contribution in [0, 0.1) is 0 Å². The fourth-order valence-electron chi connectivity index (χ4n) is 2.77. The number of hydrogen-bond acceptors (Lipinski definition) is 5. The predicted molar refractivity (Wildman–Crippen MR) is 112 cm³/mol. The molecule has 7 heteroatoms. The van der Waals surface area contributed by atoms with E-state index in [1.165, 1.54) is 19.2 Å². The quantitative estimate of drug-likeness (QED) is 0.699. The van der Waals surface area contributed by atoms with Crippen LogP contribution in [-0.2, 0) is 24.8 Å². The first kappa shape index (κ1) is 22.6. The number of amides is 1. The molecule has 1 amide bonds. The molecule has 2 rings (SSSR count). The second-order valence-corrected chi connectivity index (χ2v) is 9.91. The van der Waals surface area contributed by atoms with Crippen LogP contribution >= 0.6 is 0 Å². The second kappa shape index (κ2) is 9.22. The first-order valence-corrected chi connectivity index (χ1v) is 11.0. The van der Waals surface area contributed by atoms with Gasteiger partial charge in [-0.05, 0) is 41.7 Å². The summed E-state index contributed by atoms with van der Waals surface area (Å²) in [5, 5.41) is 2.59. The number of benzene rings is 2. The summed E-state index contributed by atoms with van der Waals surface area (Å²) in [6, 6.07) is 14.0. The molecule has 0 aliphatic heterocycles. The molecule has 6 nitrogen and oxygen atoms in total. The zero-order chi connectivity index (χ0) is 21.7. The molecule has 0 bridgehead atoms. The molecule has 156 valence electrons. The zero-order valence-corrected chi connectivity index (χ0v) is 18.0. The minimum Gasteiger partial charge on any atom is -0.467 e. The van der Waals surface area contributed by atoms with Crippen molar-refractivity contribution in [2.75, 3.05) is 12.9 Å². The highest BCUT2D eigenvalue weighted by molar-refractivity contribution is 7.91. The fourth-order valence-corrected chi connectivity index (χ4v) is 4.13. The maximum Gasteiger partial charge on any atom is 0.328 e. The van der Waals surface area contributed by atoms with Crippen molar-refractivity contribution in [2.45, 2.75) is 43.5 Å². The number of ether oxygens (including phenoxy) is 1. The van der Waals surface area contributed by atoms with E-state index >= 15 is 0 Å². The molecule has 0 saturated carbocycles. The summed E-state index contributed by atoms with van der Waals surface area (Å²) >= 11 is 0. The molecule has 0 fully saturated rings. The molecule has 0 unspecified atom stereocenters. The molecule has 0 radical (unpaired) electrons. The van der Waals surface area contributed by atoms with Crippen molar-refractivity contribution >= 4 is 21.7 Å². The summed E-state index contributed by atoms with van der Waals surface area (Å²) in [5.41, 5.74) is 1.42. The van der Waals surface area contributed by atoms with Crippen LogP contribution < -0.4 is 5.32 Å². The van der Waals surface area contributed by atoms with E-state index < -0.39 is 27.8 Å². The van der Waals surface area contributed by atoms with Gasteiger partial charge in [0.25, 0.3) is 5.91 Å². The number of nitrogens with one attached hydrogen (secondary N) is 1. The summed E-state index contributed by atoms with van der Waals surface area (Å²) in [4.78, 5) is 24.8. The van der Waals surface area contributed by atoms with Crippen molar-refractivity contribution in [3.05, 3.63) is 65.7 Å². The van der Waals surface area contributed by atoms with Crippen molar-refractivity contribution in [3.63, 3.8) is 0 Å². The summed E-state index contributed by atoms with van der Waals surface area (Å²) in [7, 11) is -2.38. The molecule has 1 atom stereocenters.